The molecule has 1 aromatic carbocycles. The van der Waals surface area contributed by atoms with Crippen LogP contribution >= 0.6 is 27.5 Å². The van der Waals surface area contributed by atoms with E-state index in [0.29, 0.717) is 22.3 Å². The molecule has 1 amide bonds. The van der Waals surface area contributed by atoms with E-state index in [0.717, 1.165) is 19.3 Å². The van der Waals surface area contributed by atoms with Crippen molar-refractivity contribution in [2.24, 2.45) is 5.92 Å². The van der Waals surface area contributed by atoms with Gasteiger partial charge in [0.05, 0.1) is 4.92 Å². The predicted octanol–water partition coefficient (Wildman–Crippen LogP) is 3.54. The molecule has 1 fully saturated rings. The number of rotatable bonds is 4. The molecular formula is C13H14BrClN2O3. The van der Waals surface area contributed by atoms with E-state index in [1.165, 1.54) is 18.2 Å². The van der Waals surface area contributed by atoms with Gasteiger partial charge in [-0.1, -0.05) is 27.5 Å². The van der Waals surface area contributed by atoms with Crippen LogP contribution in [-0.2, 0) is 0 Å². The molecule has 20 heavy (non-hydrogen) atoms. The van der Waals surface area contributed by atoms with Crippen LogP contribution in [0.3, 0.4) is 0 Å². The Balaban J connectivity index is 2.05. The molecule has 2 unspecified atom stereocenters. The number of alkyl halides is 1. The molecular weight excluding hydrogens is 348 g/mol. The van der Waals surface area contributed by atoms with E-state index in [1.54, 1.807) is 0 Å². The average Bonchev–Trinajstić information content (AvgIpc) is 2.81. The van der Waals surface area contributed by atoms with Crippen LogP contribution in [-0.4, -0.2) is 22.2 Å². The van der Waals surface area contributed by atoms with Gasteiger partial charge in [0.25, 0.3) is 11.6 Å². The lowest BCUT2D eigenvalue weighted by atomic mass is 10.1. The van der Waals surface area contributed by atoms with Gasteiger partial charge >= 0.3 is 0 Å². The lowest BCUT2D eigenvalue weighted by Gasteiger charge is -2.11. The van der Waals surface area contributed by atoms with E-state index < -0.39 is 10.8 Å². The Morgan fingerprint density at radius 3 is 2.85 bits per heavy atom. The quantitative estimate of drug-likeness (QED) is 0.506. The highest BCUT2D eigenvalue weighted by Crippen LogP contribution is 2.30. The van der Waals surface area contributed by atoms with Crippen molar-refractivity contribution in [3.63, 3.8) is 0 Å². The van der Waals surface area contributed by atoms with Crippen LogP contribution in [0.25, 0.3) is 0 Å². The molecule has 1 N–H and O–H groups in total. The van der Waals surface area contributed by atoms with Gasteiger partial charge in [-0.2, -0.15) is 0 Å². The third-order valence-electron chi connectivity index (χ3n) is 3.43. The fourth-order valence-electron chi connectivity index (χ4n) is 2.38. The maximum absolute atomic E-state index is 12.1. The van der Waals surface area contributed by atoms with Crippen molar-refractivity contribution in [2.45, 2.75) is 24.1 Å². The Bertz CT molecular complexity index is 538. The van der Waals surface area contributed by atoms with Crippen LogP contribution in [0.5, 0.6) is 0 Å². The van der Waals surface area contributed by atoms with Gasteiger partial charge < -0.3 is 5.32 Å². The second-order valence-corrected chi connectivity index (χ2v) is 6.64. The number of benzene rings is 1. The van der Waals surface area contributed by atoms with E-state index in [1.807, 2.05) is 0 Å². The molecule has 108 valence electrons. The van der Waals surface area contributed by atoms with Crippen molar-refractivity contribution in [3.05, 3.63) is 38.9 Å². The molecule has 0 bridgehead atoms. The summed E-state index contributed by atoms with van der Waals surface area (Å²) in [6, 6.07) is 3.99. The minimum absolute atomic E-state index is 0.0101. The summed E-state index contributed by atoms with van der Waals surface area (Å²) < 4.78 is 0. The molecule has 7 heteroatoms. The topological polar surface area (TPSA) is 72.2 Å². The molecule has 2 rings (SSSR count). The van der Waals surface area contributed by atoms with Crippen molar-refractivity contribution >= 4 is 39.1 Å². The summed E-state index contributed by atoms with van der Waals surface area (Å²) in [6.07, 6.45) is 3.16. The standard InChI is InChI=1S/C13H14BrClN2O3/c14-9-2-1-8(5-9)7-16-13(18)11-6-10(15)3-4-12(11)17(19)20/h3-4,6,8-9H,1-2,5,7H2,(H,16,18). The summed E-state index contributed by atoms with van der Waals surface area (Å²) in [5.74, 6) is -0.0289. The number of hydrogen-bond acceptors (Lipinski definition) is 3. The first kappa shape index (κ1) is 15.3. The number of nitrogens with zero attached hydrogens (tertiary/aromatic N) is 1. The molecule has 0 radical (unpaired) electrons. The summed E-state index contributed by atoms with van der Waals surface area (Å²) in [6.45, 7) is 0.532. The number of nitro groups is 1. The molecule has 0 aliphatic heterocycles. The van der Waals surface area contributed by atoms with Crippen LogP contribution in [0.2, 0.25) is 5.02 Å². The monoisotopic (exact) mass is 360 g/mol. The van der Waals surface area contributed by atoms with E-state index >= 15 is 0 Å². The van der Waals surface area contributed by atoms with Gasteiger partial charge in [0.1, 0.15) is 5.56 Å². The van der Waals surface area contributed by atoms with Gasteiger partial charge in [0.2, 0.25) is 0 Å². The fraction of sp³-hybridized carbons (Fsp3) is 0.462. The zero-order chi connectivity index (χ0) is 14.7. The van der Waals surface area contributed by atoms with E-state index in [9.17, 15) is 14.9 Å². The lowest BCUT2D eigenvalue weighted by Crippen LogP contribution is -2.29. The minimum Gasteiger partial charge on any atom is -0.352 e. The number of nitrogens with one attached hydrogen (secondary N) is 1. The first-order valence-electron chi connectivity index (χ1n) is 6.33. The van der Waals surface area contributed by atoms with Crippen molar-refractivity contribution in [3.8, 4) is 0 Å². The first-order valence-corrected chi connectivity index (χ1v) is 7.63. The maximum atomic E-state index is 12.1. The molecule has 1 saturated carbocycles. The number of amides is 1. The second kappa shape index (κ2) is 6.54. The van der Waals surface area contributed by atoms with Gasteiger partial charge in [-0.05, 0) is 37.3 Å². The Kier molecular flexibility index (Phi) is 4.99. The zero-order valence-corrected chi connectivity index (χ0v) is 13.0. The van der Waals surface area contributed by atoms with Crippen molar-refractivity contribution < 1.29 is 9.72 Å². The van der Waals surface area contributed by atoms with E-state index in [2.05, 4.69) is 21.2 Å². The summed E-state index contributed by atoms with van der Waals surface area (Å²) in [7, 11) is 0. The third kappa shape index (κ3) is 3.70. The number of nitro benzene ring substituents is 1. The molecule has 0 spiro atoms. The SMILES string of the molecule is O=C(NCC1CCC(Br)C1)c1cc(Cl)ccc1[N+](=O)[O-]. The number of carbonyl (C=O) groups is 1. The van der Waals surface area contributed by atoms with E-state index in [-0.39, 0.29) is 11.3 Å². The fourth-order valence-corrected chi connectivity index (χ4v) is 3.35. The summed E-state index contributed by atoms with van der Waals surface area (Å²) in [4.78, 5) is 22.9. The highest BCUT2D eigenvalue weighted by atomic mass is 79.9. The van der Waals surface area contributed by atoms with Crippen LogP contribution in [0, 0.1) is 16.0 Å². The van der Waals surface area contributed by atoms with Crippen molar-refractivity contribution in [2.75, 3.05) is 6.54 Å². The summed E-state index contributed by atoms with van der Waals surface area (Å²) in [5, 5.41) is 14.0. The van der Waals surface area contributed by atoms with Gasteiger partial charge in [0.15, 0.2) is 0 Å². The smallest absolute Gasteiger partial charge is 0.282 e. The number of hydrogen-bond donors (Lipinski definition) is 1. The van der Waals surface area contributed by atoms with E-state index in [4.69, 9.17) is 11.6 Å². The predicted molar refractivity (Wildman–Crippen MR) is 80.5 cm³/mol. The molecule has 1 aliphatic rings. The number of carbonyl (C=O) groups excluding carboxylic acids is 1. The Labute approximate surface area is 130 Å². The highest BCUT2D eigenvalue weighted by Gasteiger charge is 2.25. The highest BCUT2D eigenvalue weighted by molar-refractivity contribution is 9.09. The normalized spacial score (nSPS) is 21.7. The molecule has 0 heterocycles. The first-order chi connectivity index (χ1) is 9.47. The third-order valence-corrected chi connectivity index (χ3v) is 4.50. The average molecular weight is 362 g/mol. The second-order valence-electron chi connectivity index (χ2n) is 4.90. The van der Waals surface area contributed by atoms with Crippen molar-refractivity contribution in [1.82, 2.24) is 5.32 Å². The molecule has 5 nitrogen and oxygen atoms in total. The van der Waals surface area contributed by atoms with Crippen LogP contribution in [0.1, 0.15) is 29.6 Å². The van der Waals surface area contributed by atoms with Gasteiger partial charge in [-0.15, -0.1) is 0 Å². The molecule has 0 aromatic heterocycles. The summed E-state index contributed by atoms with van der Waals surface area (Å²) in [5.41, 5.74) is -0.215. The Morgan fingerprint density at radius 1 is 1.50 bits per heavy atom. The Morgan fingerprint density at radius 2 is 2.25 bits per heavy atom. The molecule has 2 atom stereocenters. The van der Waals surface area contributed by atoms with Gasteiger partial charge in [-0.25, -0.2) is 0 Å². The minimum atomic E-state index is -0.574. The number of halogens is 2. The van der Waals surface area contributed by atoms with Crippen LogP contribution in [0.15, 0.2) is 18.2 Å². The van der Waals surface area contributed by atoms with Gasteiger partial charge in [0, 0.05) is 22.5 Å². The molecule has 1 aliphatic carbocycles. The lowest BCUT2D eigenvalue weighted by molar-refractivity contribution is -0.385. The largest absolute Gasteiger partial charge is 0.352 e. The maximum Gasteiger partial charge on any atom is 0.282 e. The zero-order valence-electron chi connectivity index (χ0n) is 10.6. The molecule has 1 aromatic rings. The van der Waals surface area contributed by atoms with Crippen molar-refractivity contribution in [1.29, 1.82) is 0 Å². The summed E-state index contributed by atoms with van der Waals surface area (Å²) >= 11 is 9.35. The molecule has 0 saturated heterocycles. The van der Waals surface area contributed by atoms with Crippen LogP contribution in [0.4, 0.5) is 5.69 Å². The van der Waals surface area contributed by atoms with Gasteiger partial charge in [-0.3, -0.25) is 14.9 Å². The van der Waals surface area contributed by atoms with Crippen LogP contribution < -0.4 is 5.32 Å². The Hall–Kier alpha value is -1.14.